The number of imide groups is 1. The van der Waals surface area contributed by atoms with E-state index in [1.807, 2.05) is 0 Å². The predicted molar refractivity (Wildman–Crippen MR) is 65.1 cm³/mol. The van der Waals surface area contributed by atoms with Crippen molar-refractivity contribution in [1.29, 1.82) is 0 Å². The van der Waals surface area contributed by atoms with Gasteiger partial charge in [-0.05, 0) is 25.1 Å². The molecule has 1 aliphatic heterocycles. The van der Waals surface area contributed by atoms with Gasteiger partial charge in [-0.2, -0.15) is 0 Å². The molecule has 1 heterocycles. The van der Waals surface area contributed by atoms with Gasteiger partial charge in [0.15, 0.2) is 6.10 Å². The first kappa shape index (κ1) is 12.4. The van der Waals surface area contributed by atoms with Gasteiger partial charge in [0.05, 0.1) is 18.7 Å². The Bertz CT molecular complexity index is 501. The minimum atomic E-state index is -0.733. The van der Waals surface area contributed by atoms with Gasteiger partial charge in [0.25, 0.3) is 5.91 Å². The molecular weight excluding hydrogens is 236 g/mol. The van der Waals surface area contributed by atoms with E-state index >= 15 is 0 Å². The second-order valence-corrected chi connectivity index (χ2v) is 4.03. The number of nitrogen functional groups attached to an aromatic ring is 1. The van der Waals surface area contributed by atoms with E-state index in [9.17, 15) is 9.59 Å². The molecule has 1 aromatic rings. The molecular formula is C12H14N2O4. The van der Waals surface area contributed by atoms with E-state index in [1.165, 1.54) is 6.07 Å². The Morgan fingerprint density at radius 1 is 1.56 bits per heavy atom. The van der Waals surface area contributed by atoms with Gasteiger partial charge in [-0.1, -0.05) is 0 Å². The molecule has 1 atom stereocenters. The zero-order valence-corrected chi connectivity index (χ0v) is 9.92. The van der Waals surface area contributed by atoms with Crippen molar-refractivity contribution in [1.82, 2.24) is 0 Å². The standard InChI is InChI=1S/C12H14N2O4/c1-7-12(17)14(11(16)4-5-15)9-6-8(13)2-3-10(9)18-7/h2-3,6-7,15H,4-5,13H2,1H3. The lowest BCUT2D eigenvalue weighted by Crippen LogP contribution is -2.47. The summed E-state index contributed by atoms with van der Waals surface area (Å²) in [4.78, 5) is 24.9. The average molecular weight is 250 g/mol. The van der Waals surface area contributed by atoms with Crippen LogP contribution in [0.25, 0.3) is 0 Å². The largest absolute Gasteiger partial charge is 0.479 e. The topological polar surface area (TPSA) is 92.9 Å². The zero-order valence-electron chi connectivity index (χ0n) is 9.92. The minimum absolute atomic E-state index is 0.118. The van der Waals surface area contributed by atoms with Gasteiger partial charge >= 0.3 is 0 Å². The third-order valence-corrected chi connectivity index (χ3v) is 2.67. The van der Waals surface area contributed by atoms with Crippen molar-refractivity contribution in [3.8, 4) is 5.75 Å². The lowest BCUT2D eigenvalue weighted by Gasteiger charge is -2.31. The van der Waals surface area contributed by atoms with Crippen LogP contribution in [0.5, 0.6) is 5.75 Å². The minimum Gasteiger partial charge on any atom is -0.479 e. The number of hydrogen-bond donors (Lipinski definition) is 2. The van der Waals surface area contributed by atoms with Gasteiger partial charge in [-0.25, -0.2) is 4.90 Å². The molecule has 1 aromatic carbocycles. The zero-order chi connectivity index (χ0) is 13.3. The number of carbonyl (C=O) groups excluding carboxylic acids is 2. The van der Waals surface area contributed by atoms with E-state index in [1.54, 1.807) is 19.1 Å². The highest BCUT2D eigenvalue weighted by Crippen LogP contribution is 2.35. The van der Waals surface area contributed by atoms with Gasteiger partial charge in [0.1, 0.15) is 5.75 Å². The maximum atomic E-state index is 12.0. The van der Waals surface area contributed by atoms with Crippen LogP contribution in [0.4, 0.5) is 11.4 Å². The summed E-state index contributed by atoms with van der Waals surface area (Å²) in [5.74, 6) is -0.487. The van der Waals surface area contributed by atoms with Crippen molar-refractivity contribution < 1.29 is 19.4 Å². The Hall–Kier alpha value is -2.08. The number of ether oxygens (including phenoxy) is 1. The van der Waals surface area contributed by atoms with Crippen molar-refractivity contribution in [2.24, 2.45) is 0 Å². The lowest BCUT2D eigenvalue weighted by atomic mass is 10.1. The van der Waals surface area contributed by atoms with Crippen LogP contribution >= 0.6 is 0 Å². The maximum absolute atomic E-state index is 12.0. The summed E-state index contributed by atoms with van der Waals surface area (Å²) in [6.07, 6.45) is -0.851. The molecule has 0 radical (unpaired) electrons. The van der Waals surface area contributed by atoms with Crippen LogP contribution < -0.4 is 15.4 Å². The molecule has 0 spiro atoms. The third-order valence-electron chi connectivity index (χ3n) is 2.67. The van der Waals surface area contributed by atoms with Crippen LogP contribution in [0.3, 0.4) is 0 Å². The van der Waals surface area contributed by atoms with Crippen LogP contribution in [-0.2, 0) is 9.59 Å². The summed E-state index contributed by atoms with van der Waals surface area (Å²) in [7, 11) is 0. The number of nitrogens with two attached hydrogens (primary N) is 1. The molecule has 96 valence electrons. The van der Waals surface area contributed by atoms with Gasteiger partial charge in [-0.15, -0.1) is 0 Å². The van der Waals surface area contributed by atoms with Crippen LogP contribution in [0, 0.1) is 0 Å². The van der Waals surface area contributed by atoms with Crippen molar-refractivity contribution >= 4 is 23.2 Å². The number of nitrogens with zero attached hydrogens (tertiary/aromatic N) is 1. The number of amides is 2. The first-order valence-corrected chi connectivity index (χ1v) is 5.58. The first-order valence-electron chi connectivity index (χ1n) is 5.58. The Kier molecular flexibility index (Phi) is 3.20. The van der Waals surface area contributed by atoms with E-state index in [0.717, 1.165) is 4.90 Å². The van der Waals surface area contributed by atoms with E-state index in [4.69, 9.17) is 15.6 Å². The molecule has 1 aliphatic rings. The molecule has 2 rings (SSSR count). The molecule has 2 amide bonds. The number of hydrogen-bond acceptors (Lipinski definition) is 5. The molecule has 6 nitrogen and oxygen atoms in total. The summed E-state index contributed by atoms with van der Waals surface area (Å²) >= 11 is 0. The van der Waals surface area contributed by atoms with Crippen molar-refractivity contribution in [2.75, 3.05) is 17.2 Å². The molecule has 0 saturated heterocycles. The highest BCUT2D eigenvalue weighted by atomic mass is 16.5. The second-order valence-electron chi connectivity index (χ2n) is 4.03. The monoisotopic (exact) mass is 250 g/mol. The molecule has 0 aliphatic carbocycles. The number of fused-ring (bicyclic) bond motifs is 1. The Morgan fingerprint density at radius 3 is 2.94 bits per heavy atom. The van der Waals surface area contributed by atoms with Crippen molar-refractivity contribution in [3.63, 3.8) is 0 Å². The number of carbonyl (C=O) groups is 2. The lowest BCUT2D eigenvalue weighted by molar-refractivity contribution is -0.131. The first-order chi connectivity index (χ1) is 8.54. The summed E-state index contributed by atoms with van der Waals surface area (Å²) in [5.41, 5.74) is 6.41. The SMILES string of the molecule is CC1Oc2ccc(N)cc2N(C(=O)CCO)C1=O. The van der Waals surface area contributed by atoms with Gasteiger partial charge in [0.2, 0.25) is 5.91 Å². The maximum Gasteiger partial charge on any atom is 0.274 e. The normalized spacial score (nSPS) is 18.2. The van der Waals surface area contributed by atoms with Gasteiger partial charge in [0, 0.05) is 5.69 Å². The quantitative estimate of drug-likeness (QED) is 0.736. The fraction of sp³-hybridized carbons (Fsp3) is 0.333. The van der Waals surface area contributed by atoms with Crippen LogP contribution in [0.1, 0.15) is 13.3 Å². The van der Waals surface area contributed by atoms with Gasteiger partial charge in [-0.3, -0.25) is 9.59 Å². The molecule has 0 fully saturated rings. The summed E-state index contributed by atoms with van der Waals surface area (Å²) in [5, 5.41) is 8.81. The molecule has 6 heteroatoms. The van der Waals surface area contributed by atoms with Crippen molar-refractivity contribution in [2.45, 2.75) is 19.4 Å². The van der Waals surface area contributed by atoms with E-state index in [-0.39, 0.29) is 13.0 Å². The highest BCUT2D eigenvalue weighted by molar-refractivity contribution is 6.18. The summed E-state index contributed by atoms with van der Waals surface area (Å²) < 4.78 is 5.40. The molecule has 0 aromatic heterocycles. The van der Waals surface area contributed by atoms with Gasteiger partial charge < -0.3 is 15.6 Å². The summed E-state index contributed by atoms with van der Waals surface area (Å²) in [6, 6.07) is 4.76. The van der Waals surface area contributed by atoms with Crippen LogP contribution in [0.15, 0.2) is 18.2 Å². The molecule has 3 N–H and O–H groups in total. The Balaban J connectivity index is 2.47. The van der Waals surface area contributed by atoms with Crippen LogP contribution in [-0.4, -0.2) is 29.6 Å². The van der Waals surface area contributed by atoms with Crippen LogP contribution in [0.2, 0.25) is 0 Å². The summed E-state index contributed by atoms with van der Waals surface area (Å²) in [6.45, 7) is 1.26. The van der Waals surface area contributed by atoms with E-state index < -0.39 is 17.9 Å². The molecule has 1 unspecified atom stereocenters. The second kappa shape index (κ2) is 4.66. The smallest absolute Gasteiger partial charge is 0.274 e. The van der Waals surface area contributed by atoms with Crippen molar-refractivity contribution in [3.05, 3.63) is 18.2 Å². The van der Waals surface area contributed by atoms with E-state index in [2.05, 4.69) is 0 Å². The third kappa shape index (κ3) is 2.02. The van der Waals surface area contributed by atoms with E-state index in [0.29, 0.717) is 17.1 Å². The number of rotatable bonds is 2. The Labute approximate surface area is 104 Å². The predicted octanol–water partition coefficient (Wildman–Crippen LogP) is 0.292. The number of aliphatic hydroxyl groups is 1. The Morgan fingerprint density at radius 2 is 2.28 bits per heavy atom. The number of aliphatic hydroxyl groups excluding tert-OH is 1. The molecule has 18 heavy (non-hydrogen) atoms. The molecule has 0 saturated carbocycles. The number of benzene rings is 1. The highest BCUT2D eigenvalue weighted by Gasteiger charge is 2.35. The number of anilines is 2. The fourth-order valence-corrected chi connectivity index (χ4v) is 1.81. The molecule has 0 bridgehead atoms. The average Bonchev–Trinajstić information content (AvgIpc) is 2.31. The fourth-order valence-electron chi connectivity index (χ4n) is 1.81.